The van der Waals surface area contributed by atoms with Crippen LogP contribution in [0.4, 0.5) is 0 Å². The minimum atomic E-state index is -0.652. The fourth-order valence-corrected chi connectivity index (χ4v) is 2.90. The lowest BCUT2D eigenvalue weighted by atomic mass is 10.2. The van der Waals surface area contributed by atoms with E-state index in [1.54, 1.807) is 18.2 Å². The molecule has 126 valence electrons. The van der Waals surface area contributed by atoms with Gasteiger partial charge in [-0.15, -0.1) is 11.3 Å². The summed E-state index contributed by atoms with van der Waals surface area (Å²) in [6, 6.07) is 10.9. The Bertz CT molecular complexity index is 702. The number of hydrogen-bond acceptors (Lipinski definition) is 5. The van der Waals surface area contributed by atoms with Crippen molar-refractivity contribution in [1.29, 1.82) is 0 Å². The molecule has 0 saturated heterocycles. The lowest BCUT2D eigenvalue weighted by Crippen LogP contribution is -2.44. The maximum atomic E-state index is 12.1. The lowest BCUT2D eigenvalue weighted by molar-refractivity contribution is -0.130. The molecule has 1 aliphatic rings. The fraction of sp³-hybridized carbons (Fsp3) is 0.294. The molecule has 0 aliphatic carbocycles. The Morgan fingerprint density at radius 2 is 1.88 bits per heavy atom. The second kappa shape index (κ2) is 7.83. The van der Waals surface area contributed by atoms with Crippen molar-refractivity contribution >= 4 is 23.2 Å². The summed E-state index contributed by atoms with van der Waals surface area (Å²) in [6.45, 7) is 1.16. The van der Waals surface area contributed by atoms with Gasteiger partial charge in [-0.1, -0.05) is 18.2 Å². The van der Waals surface area contributed by atoms with E-state index < -0.39 is 6.10 Å². The summed E-state index contributed by atoms with van der Waals surface area (Å²) >= 11 is 1.40. The summed E-state index contributed by atoms with van der Waals surface area (Å²) in [4.78, 5) is 24.5. The molecule has 2 amide bonds. The van der Waals surface area contributed by atoms with Crippen LogP contribution in [0.3, 0.4) is 0 Å². The summed E-state index contributed by atoms with van der Waals surface area (Å²) in [5, 5.41) is 7.48. The number of para-hydroxylation sites is 2. The van der Waals surface area contributed by atoms with Crippen molar-refractivity contribution in [2.75, 3.05) is 19.7 Å². The highest BCUT2D eigenvalue weighted by atomic mass is 32.1. The summed E-state index contributed by atoms with van der Waals surface area (Å²) in [5.41, 5.74) is 0. The van der Waals surface area contributed by atoms with Crippen LogP contribution in [0.2, 0.25) is 0 Å². The number of benzene rings is 1. The van der Waals surface area contributed by atoms with E-state index in [2.05, 4.69) is 10.6 Å². The fourth-order valence-electron chi connectivity index (χ4n) is 2.26. The molecule has 0 saturated carbocycles. The monoisotopic (exact) mass is 346 g/mol. The molecule has 1 unspecified atom stereocenters. The molecule has 1 aromatic carbocycles. The molecular formula is C17H18N2O4S. The quantitative estimate of drug-likeness (QED) is 0.783. The maximum Gasteiger partial charge on any atom is 0.264 e. The zero-order chi connectivity index (χ0) is 16.8. The van der Waals surface area contributed by atoms with Gasteiger partial charge in [-0.2, -0.15) is 0 Å². The van der Waals surface area contributed by atoms with E-state index in [-0.39, 0.29) is 18.4 Å². The number of nitrogens with one attached hydrogen (secondary N) is 2. The first-order chi connectivity index (χ1) is 11.7. The Morgan fingerprint density at radius 1 is 1.08 bits per heavy atom. The highest BCUT2D eigenvalue weighted by molar-refractivity contribution is 7.12. The number of thiophene rings is 1. The topological polar surface area (TPSA) is 76.7 Å². The van der Waals surface area contributed by atoms with Crippen LogP contribution in [0.15, 0.2) is 41.8 Å². The normalized spacial score (nSPS) is 15.6. The molecule has 6 nitrogen and oxygen atoms in total. The van der Waals surface area contributed by atoms with Crippen LogP contribution >= 0.6 is 11.3 Å². The third-order valence-corrected chi connectivity index (χ3v) is 4.35. The first-order valence-electron chi connectivity index (χ1n) is 7.72. The molecule has 0 fully saturated rings. The summed E-state index contributed by atoms with van der Waals surface area (Å²) in [5.74, 6) is 0.927. The van der Waals surface area contributed by atoms with Crippen LogP contribution < -0.4 is 20.1 Å². The van der Waals surface area contributed by atoms with Crippen molar-refractivity contribution in [3.63, 3.8) is 0 Å². The van der Waals surface area contributed by atoms with E-state index in [9.17, 15) is 9.59 Å². The Hall–Kier alpha value is -2.54. The van der Waals surface area contributed by atoms with Gasteiger partial charge in [0.25, 0.3) is 11.8 Å². The second-order valence-electron chi connectivity index (χ2n) is 5.24. The lowest BCUT2D eigenvalue weighted by Gasteiger charge is -2.25. The van der Waals surface area contributed by atoms with Gasteiger partial charge in [0.2, 0.25) is 6.10 Å². The van der Waals surface area contributed by atoms with Crippen LogP contribution in [-0.4, -0.2) is 37.6 Å². The molecule has 2 aromatic rings. The van der Waals surface area contributed by atoms with Gasteiger partial charge in [0, 0.05) is 13.1 Å². The number of amides is 2. The molecule has 0 bridgehead atoms. The number of hydrogen-bond donors (Lipinski definition) is 2. The van der Waals surface area contributed by atoms with Crippen molar-refractivity contribution < 1.29 is 19.1 Å². The molecule has 0 radical (unpaired) electrons. The largest absolute Gasteiger partial charge is 0.485 e. The highest BCUT2D eigenvalue weighted by Gasteiger charge is 2.26. The standard InChI is InChI=1S/C17H18N2O4S/c20-16(14-11-22-12-5-1-2-6-13(12)23-14)18-8-4-9-19-17(21)15-7-3-10-24-15/h1-3,5-7,10,14H,4,8-9,11H2,(H,18,20)(H,19,21). The second-order valence-corrected chi connectivity index (χ2v) is 6.19. The van der Waals surface area contributed by atoms with Crippen molar-refractivity contribution in [3.8, 4) is 11.5 Å². The van der Waals surface area contributed by atoms with Crippen molar-refractivity contribution in [2.24, 2.45) is 0 Å². The van der Waals surface area contributed by atoms with Gasteiger partial charge < -0.3 is 20.1 Å². The van der Waals surface area contributed by atoms with Crippen molar-refractivity contribution in [3.05, 3.63) is 46.7 Å². The molecular weight excluding hydrogens is 328 g/mol. The number of rotatable bonds is 6. The smallest absolute Gasteiger partial charge is 0.264 e. The zero-order valence-corrected chi connectivity index (χ0v) is 13.8. The Kier molecular flexibility index (Phi) is 5.32. The average Bonchev–Trinajstić information content (AvgIpc) is 3.15. The molecule has 3 rings (SSSR count). The van der Waals surface area contributed by atoms with Gasteiger partial charge in [-0.05, 0) is 30.0 Å². The summed E-state index contributed by atoms with van der Waals surface area (Å²) in [7, 11) is 0. The van der Waals surface area contributed by atoms with Crippen LogP contribution in [0.25, 0.3) is 0 Å². The number of carbonyl (C=O) groups excluding carboxylic acids is 2. The van der Waals surface area contributed by atoms with Gasteiger partial charge in [-0.3, -0.25) is 9.59 Å². The third kappa shape index (κ3) is 4.05. The zero-order valence-electron chi connectivity index (χ0n) is 13.0. The van der Waals surface area contributed by atoms with Crippen LogP contribution in [-0.2, 0) is 4.79 Å². The molecule has 1 aromatic heterocycles. The van der Waals surface area contributed by atoms with Gasteiger partial charge in [0.1, 0.15) is 6.61 Å². The molecule has 7 heteroatoms. The Balaban J connectivity index is 1.35. The van der Waals surface area contributed by atoms with Gasteiger partial charge in [0.05, 0.1) is 4.88 Å². The maximum absolute atomic E-state index is 12.1. The van der Waals surface area contributed by atoms with E-state index >= 15 is 0 Å². The van der Waals surface area contributed by atoms with Gasteiger partial charge in [0.15, 0.2) is 11.5 Å². The Labute approximate surface area is 143 Å². The number of carbonyl (C=O) groups is 2. The first kappa shape index (κ1) is 16.3. The molecule has 2 N–H and O–H groups in total. The van der Waals surface area contributed by atoms with Crippen molar-refractivity contribution in [2.45, 2.75) is 12.5 Å². The molecule has 1 aliphatic heterocycles. The Morgan fingerprint density at radius 3 is 2.67 bits per heavy atom. The molecule has 0 spiro atoms. The SMILES string of the molecule is O=C(NCCCNC(=O)C1COc2ccccc2O1)c1cccs1. The number of fused-ring (bicyclic) bond motifs is 1. The average molecular weight is 346 g/mol. The predicted molar refractivity (Wildman–Crippen MR) is 90.6 cm³/mol. The van der Waals surface area contributed by atoms with E-state index in [1.807, 2.05) is 23.6 Å². The molecule has 2 heterocycles. The van der Waals surface area contributed by atoms with Crippen molar-refractivity contribution in [1.82, 2.24) is 10.6 Å². The minimum absolute atomic E-state index is 0.0862. The highest BCUT2D eigenvalue weighted by Crippen LogP contribution is 2.30. The first-order valence-corrected chi connectivity index (χ1v) is 8.60. The van der Waals surface area contributed by atoms with E-state index in [0.29, 0.717) is 35.9 Å². The molecule has 24 heavy (non-hydrogen) atoms. The van der Waals surface area contributed by atoms with E-state index in [0.717, 1.165) is 0 Å². The predicted octanol–water partition coefficient (Wildman–Crippen LogP) is 1.82. The third-order valence-electron chi connectivity index (χ3n) is 3.48. The van der Waals surface area contributed by atoms with E-state index in [1.165, 1.54) is 11.3 Å². The van der Waals surface area contributed by atoms with Crippen LogP contribution in [0.5, 0.6) is 11.5 Å². The van der Waals surface area contributed by atoms with Crippen LogP contribution in [0.1, 0.15) is 16.1 Å². The minimum Gasteiger partial charge on any atom is -0.485 e. The van der Waals surface area contributed by atoms with Gasteiger partial charge >= 0.3 is 0 Å². The van der Waals surface area contributed by atoms with Crippen LogP contribution in [0, 0.1) is 0 Å². The summed E-state index contributed by atoms with van der Waals surface area (Å²) in [6.07, 6.45) is -0.00636. The number of ether oxygens (including phenoxy) is 2. The molecule has 1 atom stereocenters. The summed E-state index contributed by atoms with van der Waals surface area (Å²) < 4.78 is 11.1. The van der Waals surface area contributed by atoms with E-state index in [4.69, 9.17) is 9.47 Å². The van der Waals surface area contributed by atoms with Gasteiger partial charge in [-0.25, -0.2) is 0 Å².